The third kappa shape index (κ3) is 3.29. The van der Waals surface area contributed by atoms with E-state index in [1.54, 1.807) is 11.8 Å². The van der Waals surface area contributed by atoms with Crippen molar-refractivity contribution in [2.45, 2.75) is 72.3 Å². The monoisotopic (exact) mass is 557 g/mol. The zero-order valence-electron chi connectivity index (χ0n) is 16.4. The standard InChI is InChI=1S/C21H33O3S.Os/c1-14-6-9-21-10-7-16(23)17(21)20(14,4)13-25-12-19(3,8-5-11-22)18(24)15(21)2;/h11,13-17,23H,5-10,12H2,1-4H3;/q-1;+1/t14-,15+,16-,17?,19-,20-,21?;/m1./s1. The maximum atomic E-state index is 13.6. The van der Waals surface area contributed by atoms with E-state index in [0.29, 0.717) is 24.5 Å². The molecule has 3 aliphatic rings. The molecule has 26 heavy (non-hydrogen) atoms. The Bertz CT molecular complexity index is 555. The molecular weight excluding hydrogens is 523 g/mol. The second-order valence-corrected chi connectivity index (χ2v) is 10.3. The fourth-order valence-electron chi connectivity index (χ4n) is 6.26. The number of rotatable bonds is 3. The van der Waals surface area contributed by atoms with Crippen LogP contribution in [-0.4, -0.2) is 29.0 Å². The zero-order chi connectivity index (χ0) is 18.5. The van der Waals surface area contributed by atoms with E-state index in [9.17, 15) is 14.7 Å². The van der Waals surface area contributed by atoms with E-state index >= 15 is 0 Å². The van der Waals surface area contributed by atoms with Gasteiger partial charge in [0.25, 0.3) is 0 Å². The Morgan fingerprint density at radius 2 is 1.92 bits per heavy atom. The smallest absolute Gasteiger partial charge is 0.393 e. The minimum Gasteiger partial charge on any atom is -0.393 e. The SMILES string of the molecule is C[C@@H]1CCC23CC[C@@H](O)C2[C@]1(C)[CH-]SC[C@@](C)(CCC=O)C(=O)[C@@H]3C.[Os+]. The van der Waals surface area contributed by atoms with E-state index in [1.165, 1.54) is 0 Å². The van der Waals surface area contributed by atoms with E-state index in [2.05, 4.69) is 26.5 Å². The summed E-state index contributed by atoms with van der Waals surface area (Å²) in [6.07, 6.45) is 5.65. The molecule has 3 rings (SSSR count). The molecule has 1 N–H and O–H groups in total. The molecule has 1 aliphatic heterocycles. The molecule has 0 spiro atoms. The molecule has 2 bridgehead atoms. The summed E-state index contributed by atoms with van der Waals surface area (Å²) in [7, 11) is 0. The van der Waals surface area contributed by atoms with Gasteiger partial charge >= 0.3 is 19.8 Å². The Balaban J connectivity index is 0.00000243. The molecule has 2 aliphatic carbocycles. The number of carbonyl (C=O) groups excluding carboxylic acids is 2. The number of aliphatic hydroxyl groups excluding tert-OH is 1. The Kier molecular flexibility index (Phi) is 6.91. The van der Waals surface area contributed by atoms with Crippen molar-refractivity contribution in [2.75, 3.05) is 5.75 Å². The molecule has 0 aromatic rings. The van der Waals surface area contributed by atoms with Crippen LogP contribution in [0.4, 0.5) is 0 Å². The molecule has 0 amide bonds. The average Bonchev–Trinajstić information content (AvgIpc) is 2.94. The minimum atomic E-state index is -0.453. The van der Waals surface area contributed by atoms with Gasteiger partial charge in [-0.25, -0.2) is 0 Å². The van der Waals surface area contributed by atoms with Gasteiger partial charge in [0.05, 0.1) is 6.10 Å². The van der Waals surface area contributed by atoms with E-state index in [4.69, 9.17) is 0 Å². The predicted molar refractivity (Wildman–Crippen MR) is 102 cm³/mol. The van der Waals surface area contributed by atoms with Gasteiger partial charge in [-0.3, -0.25) is 10.5 Å². The number of Topliss-reactive ketones (excluding diaryl/α,β-unsaturated/α-hetero) is 1. The van der Waals surface area contributed by atoms with E-state index < -0.39 is 5.41 Å². The van der Waals surface area contributed by atoms with Gasteiger partial charge in [-0.1, -0.05) is 40.0 Å². The summed E-state index contributed by atoms with van der Waals surface area (Å²) < 4.78 is 0. The van der Waals surface area contributed by atoms with E-state index in [1.807, 2.05) is 6.92 Å². The molecular formula is C21H33O3OsS. The molecule has 1 radical (unpaired) electrons. The van der Waals surface area contributed by atoms with Crippen LogP contribution in [0.25, 0.3) is 0 Å². The van der Waals surface area contributed by atoms with Crippen LogP contribution in [0.5, 0.6) is 0 Å². The summed E-state index contributed by atoms with van der Waals surface area (Å²) in [6, 6.07) is 0. The molecule has 2 unspecified atom stereocenters. The van der Waals surface area contributed by atoms with Crippen molar-refractivity contribution in [1.29, 1.82) is 0 Å². The van der Waals surface area contributed by atoms with Crippen LogP contribution in [0, 0.1) is 39.8 Å². The molecule has 1 saturated heterocycles. The molecule has 0 aromatic heterocycles. The maximum Gasteiger partial charge on any atom is 1.00 e. The van der Waals surface area contributed by atoms with E-state index in [-0.39, 0.29) is 48.6 Å². The summed E-state index contributed by atoms with van der Waals surface area (Å²) in [5.41, 5.74) is -0.573. The molecule has 2 saturated carbocycles. The van der Waals surface area contributed by atoms with Gasteiger partial charge in [0.2, 0.25) is 0 Å². The first-order valence-electron chi connectivity index (χ1n) is 9.83. The summed E-state index contributed by atoms with van der Waals surface area (Å²) in [4.78, 5) is 24.5. The van der Waals surface area contributed by atoms with Gasteiger partial charge < -0.3 is 21.7 Å². The van der Waals surface area contributed by atoms with Crippen molar-refractivity contribution in [3.05, 3.63) is 5.75 Å². The second kappa shape index (κ2) is 7.96. The molecule has 3 nitrogen and oxygen atoms in total. The summed E-state index contributed by atoms with van der Waals surface area (Å²) >= 11 is 1.75. The number of aliphatic hydroxyl groups is 1. The van der Waals surface area contributed by atoms with Crippen LogP contribution >= 0.6 is 11.8 Å². The molecule has 3 fully saturated rings. The van der Waals surface area contributed by atoms with Gasteiger partial charge in [0, 0.05) is 17.8 Å². The summed E-state index contributed by atoms with van der Waals surface area (Å²) in [5.74, 6) is 4.05. The van der Waals surface area contributed by atoms with Crippen LogP contribution in [0.15, 0.2) is 0 Å². The van der Waals surface area contributed by atoms with Crippen molar-refractivity contribution >= 4 is 23.8 Å². The first kappa shape index (κ1) is 22.6. The van der Waals surface area contributed by atoms with Crippen molar-refractivity contribution < 1.29 is 34.5 Å². The Morgan fingerprint density at radius 1 is 1.27 bits per heavy atom. The first-order valence-corrected chi connectivity index (χ1v) is 10.9. The normalized spacial score (nSPS) is 48.6. The van der Waals surface area contributed by atoms with Gasteiger partial charge in [0.15, 0.2) is 0 Å². The third-order valence-corrected chi connectivity index (χ3v) is 9.57. The molecule has 7 atom stereocenters. The van der Waals surface area contributed by atoms with Crippen molar-refractivity contribution in [1.82, 2.24) is 0 Å². The Hall–Kier alpha value is 0.286. The number of thioether (sulfide) groups is 1. The average molecular weight is 556 g/mol. The first-order chi connectivity index (χ1) is 11.7. The van der Waals surface area contributed by atoms with E-state index in [0.717, 1.165) is 37.7 Å². The molecule has 5 heteroatoms. The topological polar surface area (TPSA) is 54.4 Å². The maximum absolute atomic E-state index is 13.6. The third-order valence-electron chi connectivity index (χ3n) is 8.09. The van der Waals surface area contributed by atoms with Gasteiger partial charge in [0.1, 0.15) is 12.1 Å². The number of aldehydes is 1. The molecule has 1 heterocycles. The Morgan fingerprint density at radius 3 is 2.58 bits per heavy atom. The van der Waals surface area contributed by atoms with Gasteiger partial charge in [-0.05, 0) is 42.8 Å². The van der Waals surface area contributed by atoms with Crippen molar-refractivity contribution in [3.63, 3.8) is 0 Å². The van der Waals surface area contributed by atoms with Crippen molar-refractivity contribution in [3.8, 4) is 0 Å². The predicted octanol–water partition coefficient (Wildman–Crippen LogP) is 4.28. The number of hydrogen-bond acceptors (Lipinski definition) is 4. The van der Waals surface area contributed by atoms with Crippen LogP contribution in [0.1, 0.15) is 66.2 Å². The van der Waals surface area contributed by atoms with Crippen LogP contribution in [0.3, 0.4) is 0 Å². The van der Waals surface area contributed by atoms with Crippen LogP contribution in [-0.2, 0) is 29.4 Å². The second-order valence-electron chi connectivity index (χ2n) is 9.40. The fraction of sp³-hybridized carbons (Fsp3) is 0.857. The fourth-order valence-corrected chi connectivity index (χ4v) is 7.74. The van der Waals surface area contributed by atoms with Crippen LogP contribution in [0.2, 0.25) is 0 Å². The largest absolute Gasteiger partial charge is 1.00 e. The summed E-state index contributed by atoms with van der Waals surface area (Å²) in [6.45, 7) is 8.78. The van der Waals surface area contributed by atoms with Gasteiger partial charge in [-0.2, -0.15) is 0 Å². The molecule has 0 aromatic carbocycles. The minimum absolute atomic E-state index is 0. The zero-order valence-corrected chi connectivity index (χ0v) is 19.8. The summed E-state index contributed by atoms with van der Waals surface area (Å²) in [5, 5.41) is 10.9. The Labute approximate surface area is 175 Å². The van der Waals surface area contributed by atoms with Gasteiger partial charge in [-0.15, -0.1) is 5.41 Å². The number of hydrogen-bond donors (Lipinski definition) is 1. The van der Waals surface area contributed by atoms with Crippen molar-refractivity contribution in [2.24, 2.45) is 34.0 Å². The van der Waals surface area contributed by atoms with Crippen LogP contribution < -0.4 is 0 Å². The number of ketones is 1. The number of carbonyl (C=O) groups is 2. The molecule has 149 valence electrons. The quantitative estimate of drug-likeness (QED) is 0.417.